The molecule has 3 rings (SSSR count). The van der Waals surface area contributed by atoms with Gasteiger partial charge in [0.25, 0.3) is 0 Å². The first-order valence-corrected chi connectivity index (χ1v) is 11.1. The summed E-state index contributed by atoms with van der Waals surface area (Å²) in [7, 11) is 0. The number of carbonyl (C=O) groups excluding carboxylic acids is 2. The number of hydrogen-bond donors (Lipinski definition) is 2. The van der Waals surface area contributed by atoms with E-state index in [0.717, 1.165) is 55.2 Å². The number of amides is 2. The van der Waals surface area contributed by atoms with Crippen molar-refractivity contribution in [3.05, 3.63) is 53.1 Å². The molecule has 0 aromatic heterocycles. The molecule has 1 fully saturated rings. The molecule has 0 aliphatic heterocycles. The number of carbonyl (C=O) groups is 2. The smallest absolute Gasteiger partial charge is 0.246 e. The van der Waals surface area contributed by atoms with E-state index in [1.54, 1.807) is 0 Å². The fraction of sp³-hybridized carbons (Fsp3) is 0.480. The van der Waals surface area contributed by atoms with E-state index in [4.69, 9.17) is 0 Å². The van der Waals surface area contributed by atoms with Crippen molar-refractivity contribution in [1.82, 2.24) is 10.6 Å². The molecule has 0 saturated heterocycles. The Morgan fingerprint density at radius 1 is 1.13 bits per heavy atom. The van der Waals surface area contributed by atoms with E-state index in [1.165, 1.54) is 0 Å². The molecule has 0 radical (unpaired) electrons. The fourth-order valence-electron chi connectivity index (χ4n) is 4.33. The molecule has 0 atom stereocenters. The lowest BCUT2D eigenvalue weighted by Gasteiger charge is -2.29. The molecule has 1 saturated carbocycles. The molecule has 2 aliphatic rings. The summed E-state index contributed by atoms with van der Waals surface area (Å²) >= 11 is 0. The highest BCUT2D eigenvalue weighted by Crippen LogP contribution is 2.31. The van der Waals surface area contributed by atoms with Crippen LogP contribution in [0.2, 0.25) is 0 Å². The Hall–Kier alpha value is -2.87. The minimum Gasteiger partial charge on any atom is -0.350 e. The number of unbranched alkanes of at least 4 members (excludes halogenated alkanes) is 1. The van der Waals surface area contributed by atoms with Gasteiger partial charge in [0, 0.05) is 13.0 Å². The summed E-state index contributed by atoms with van der Waals surface area (Å²) < 4.78 is 0. The zero-order valence-corrected chi connectivity index (χ0v) is 17.8. The first kappa shape index (κ1) is 21.8. The minimum atomic E-state index is -0.743. The summed E-state index contributed by atoms with van der Waals surface area (Å²) in [5.74, 6) is -0.0788. The first-order chi connectivity index (χ1) is 14.6. The Morgan fingerprint density at radius 2 is 1.90 bits per heavy atom. The van der Waals surface area contributed by atoms with E-state index >= 15 is 0 Å². The van der Waals surface area contributed by atoms with Crippen LogP contribution in [0.15, 0.2) is 42.0 Å². The molecular formula is C25H31N3O2. The van der Waals surface area contributed by atoms with Crippen molar-refractivity contribution < 1.29 is 9.59 Å². The van der Waals surface area contributed by atoms with Crippen molar-refractivity contribution in [3.63, 3.8) is 0 Å². The van der Waals surface area contributed by atoms with Crippen LogP contribution in [0.4, 0.5) is 0 Å². The third-order valence-electron chi connectivity index (χ3n) is 6.13. The Balaban J connectivity index is 1.61. The highest BCUT2D eigenvalue weighted by Gasteiger charge is 2.42. The fourth-order valence-corrected chi connectivity index (χ4v) is 4.33. The lowest BCUT2D eigenvalue weighted by atomic mass is 9.90. The van der Waals surface area contributed by atoms with Gasteiger partial charge < -0.3 is 10.6 Å². The van der Waals surface area contributed by atoms with Crippen molar-refractivity contribution >= 4 is 17.4 Å². The van der Waals surface area contributed by atoms with Crippen LogP contribution in [0, 0.1) is 11.3 Å². The molecule has 5 heteroatoms. The normalized spacial score (nSPS) is 17.5. The van der Waals surface area contributed by atoms with Gasteiger partial charge in [-0.05, 0) is 49.3 Å². The van der Waals surface area contributed by atoms with Crippen LogP contribution in [0.25, 0.3) is 5.57 Å². The number of benzene rings is 1. The summed E-state index contributed by atoms with van der Waals surface area (Å²) in [6.07, 6.45) is 11.5. The van der Waals surface area contributed by atoms with E-state index in [9.17, 15) is 14.9 Å². The SMILES string of the molecule is CCCCC(=O)NC1(C(=O)NCC2=CC=C(c3ccccc3C#N)CC2)CCCC1. The molecule has 5 nitrogen and oxygen atoms in total. The third-order valence-corrected chi connectivity index (χ3v) is 6.13. The molecule has 0 spiro atoms. The number of nitriles is 1. The molecule has 1 aromatic carbocycles. The number of hydrogen-bond acceptors (Lipinski definition) is 3. The van der Waals surface area contributed by atoms with E-state index in [1.807, 2.05) is 24.3 Å². The van der Waals surface area contributed by atoms with E-state index < -0.39 is 5.54 Å². The Kier molecular flexibility index (Phi) is 7.46. The molecular weight excluding hydrogens is 374 g/mol. The Bertz CT molecular complexity index is 886. The molecule has 30 heavy (non-hydrogen) atoms. The average Bonchev–Trinajstić information content (AvgIpc) is 3.26. The van der Waals surface area contributed by atoms with Gasteiger partial charge in [0.05, 0.1) is 11.6 Å². The first-order valence-electron chi connectivity index (χ1n) is 11.1. The average molecular weight is 406 g/mol. The minimum absolute atomic E-state index is 0.0190. The maximum absolute atomic E-state index is 13.0. The van der Waals surface area contributed by atoms with Crippen molar-refractivity contribution in [2.75, 3.05) is 6.54 Å². The van der Waals surface area contributed by atoms with Crippen LogP contribution in [0.1, 0.15) is 75.8 Å². The third kappa shape index (κ3) is 5.18. The van der Waals surface area contributed by atoms with Crippen LogP contribution >= 0.6 is 0 Å². The van der Waals surface area contributed by atoms with Crippen molar-refractivity contribution in [1.29, 1.82) is 5.26 Å². The quantitative estimate of drug-likeness (QED) is 0.673. The van der Waals surface area contributed by atoms with Crippen LogP contribution in [-0.4, -0.2) is 23.9 Å². The van der Waals surface area contributed by atoms with Gasteiger partial charge in [-0.2, -0.15) is 5.26 Å². The molecule has 1 aromatic rings. The number of nitrogens with zero attached hydrogens (tertiary/aromatic N) is 1. The monoisotopic (exact) mass is 405 g/mol. The highest BCUT2D eigenvalue weighted by molar-refractivity contribution is 5.92. The molecule has 2 N–H and O–H groups in total. The zero-order valence-electron chi connectivity index (χ0n) is 17.8. The summed E-state index contributed by atoms with van der Waals surface area (Å²) in [6.45, 7) is 2.55. The van der Waals surface area contributed by atoms with E-state index in [-0.39, 0.29) is 11.8 Å². The van der Waals surface area contributed by atoms with Crippen LogP contribution < -0.4 is 10.6 Å². The predicted octanol–water partition coefficient (Wildman–Crippen LogP) is 4.40. The van der Waals surface area contributed by atoms with Gasteiger partial charge in [-0.15, -0.1) is 0 Å². The molecule has 2 amide bonds. The topological polar surface area (TPSA) is 82.0 Å². The molecule has 0 bridgehead atoms. The second kappa shape index (κ2) is 10.2. The van der Waals surface area contributed by atoms with Crippen molar-refractivity contribution in [2.24, 2.45) is 0 Å². The lowest BCUT2D eigenvalue weighted by Crippen LogP contribution is -2.57. The lowest BCUT2D eigenvalue weighted by molar-refractivity contribution is -0.133. The maximum Gasteiger partial charge on any atom is 0.246 e. The predicted molar refractivity (Wildman–Crippen MR) is 118 cm³/mol. The standard InChI is InChI=1S/C25H31N3O2/c1-2-3-10-23(29)28-25(15-6-7-16-25)24(30)27-18-19-11-13-20(14-12-19)22-9-5-4-8-21(22)17-26/h4-5,8-9,11,13H,2-3,6-7,10,12,14-16,18H2,1H3,(H,27,30)(H,28,29). The summed E-state index contributed by atoms with van der Waals surface area (Å²) in [6, 6.07) is 9.90. The summed E-state index contributed by atoms with van der Waals surface area (Å²) in [5.41, 5.74) is 3.24. The zero-order chi connectivity index (χ0) is 21.4. The van der Waals surface area contributed by atoms with Gasteiger partial charge in [0.1, 0.15) is 5.54 Å². The Morgan fingerprint density at radius 3 is 2.57 bits per heavy atom. The van der Waals surface area contributed by atoms with Gasteiger partial charge in [-0.1, -0.05) is 62.1 Å². The van der Waals surface area contributed by atoms with Crippen LogP contribution in [0.3, 0.4) is 0 Å². The van der Waals surface area contributed by atoms with Crippen LogP contribution in [0.5, 0.6) is 0 Å². The van der Waals surface area contributed by atoms with Gasteiger partial charge in [0.2, 0.25) is 11.8 Å². The second-order valence-corrected chi connectivity index (χ2v) is 8.30. The van der Waals surface area contributed by atoms with Gasteiger partial charge in [0.15, 0.2) is 0 Å². The Labute approximate surface area is 179 Å². The van der Waals surface area contributed by atoms with Gasteiger partial charge >= 0.3 is 0 Å². The van der Waals surface area contributed by atoms with Gasteiger partial charge in [-0.3, -0.25) is 9.59 Å². The number of rotatable bonds is 8. The van der Waals surface area contributed by atoms with E-state index in [2.05, 4.69) is 35.8 Å². The largest absolute Gasteiger partial charge is 0.350 e. The maximum atomic E-state index is 13.0. The van der Waals surface area contributed by atoms with Gasteiger partial charge in [-0.25, -0.2) is 0 Å². The molecule has 0 unspecified atom stereocenters. The second-order valence-electron chi connectivity index (χ2n) is 8.30. The number of allylic oxidation sites excluding steroid dienone is 3. The molecule has 0 heterocycles. The highest BCUT2D eigenvalue weighted by atomic mass is 16.2. The summed E-state index contributed by atoms with van der Waals surface area (Å²) in [5, 5.41) is 15.4. The number of nitrogens with one attached hydrogen (secondary N) is 2. The molecule has 2 aliphatic carbocycles. The van der Waals surface area contributed by atoms with Crippen LogP contribution in [-0.2, 0) is 9.59 Å². The van der Waals surface area contributed by atoms with Crippen molar-refractivity contribution in [3.8, 4) is 6.07 Å². The van der Waals surface area contributed by atoms with Crippen molar-refractivity contribution in [2.45, 2.75) is 70.3 Å². The summed E-state index contributed by atoms with van der Waals surface area (Å²) in [4.78, 5) is 25.2. The van der Waals surface area contributed by atoms with E-state index in [0.29, 0.717) is 31.4 Å². The molecule has 158 valence electrons.